The fourth-order valence-corrected chi connectivity index (χ4v) is 4.47. The molecule has 33 heavy (non-hydrogen) atoms. The van der Waals surface area contributed by atoms with Gasteiger partial charge in [-0.05, 0) is 32.0 Å². The van der Waals surface area contributed by atoms with Crippen molar-refractivity contribution < 1.29 is 38.1 Å². The van der Waals surface area contributed by atoms with Crippen LogP contribution in [0.5, 0.6) is 0 Å². The average molecular weight is 523 g/mol. The summed E-state index contributed by atoms with van der Waals surface area (Å²) < 4.78 is 21.3. The van der Waals surface area contributed by atoms with Crippen LogP contribution in [-0.2, 0) is 43.5 Å². The lowest BCUT2D eigenvalue weighted by Crippen LogP contribution is -2.50. The summed E-state index contributed by atoms with van der Waals surface area (Å²) in [5.41, 5.74) is 4.06. The van der Waals surface area contributed by atoms with Crippen LogP contribution in [0.3, 0.4) is 0 Å². The molecular formula is C22H23BrN2O8. The minimum absolute atomic E-state index is 0.0345. The number of amides is 1. The van der Waals surface area contributed by atoms with Gasteiger partial charge in [-0.3, -0.25) is 9.59 Å². The Morgan fingerprint density at radius 1 is 1.12 bits per heavy atom. The summed E-state index contributed by atoms with van der Waals surface area (Å²) in [5.74, 6) is -4.01. The molecule has 0 radical (unpaired) electrons. The van der Waals surface area contributed by atoms with E-state index in [2.05, 4.69) is 15.9 Å². The number of methoxy groups -OCH3 is 1. The summed E-state index contributed by atoms with van der Waals surface area (Å²) in [6.07, 6.45) is -0.515. The molecule has 10 nitrogen and oxygen atoms in total. The summed E-state index contributed by atoms with van der Waals surface area (Å²) in [7, 11) is 2.61. The van der Waals surface area contributed by atoms with E-state index < -0.39 is 41.5 Å². The summed E-state index contributed by atoms with van der Waals surface area (Å²) >= 11 is 3.38. The maximum atomic E-state index is 13.9. The molecule has 0 aliphatic carbocycles. The summed E-state index contributed by atoms with van der Waals surface area (Å²) in [4.78, 5) is 53.8. The highest BCUT2D eigenvalue weighted by Crippen LogP contribution is 2.55. The van der Waals surface area contributed by atoms with E-state index in [0.29, 0.717) is 10.2 Å². The molecule has 2 aliphatic heterocycles. The van der Waals surface area contributed by atoms with Crippen molar-refractivity contribution in [3.05, 3.63) is 51.0 Å². The Morgan fingerprint density at radius 2 is 1.79 bits per heavy atom. The van der Waals surface area contributed by atoms with Crippen molar-refractivity contribution in [3.63, 3.8) is 0 Å². The highest BCUT2D eigenvalue weighted by Gasteiger charge is 2.63. The number of likely N-dealkylation sites (N-methyl/N-ethyl adjacent to an activating group) is 1. The summed E-state index contributed by atoms with van der Waals surface area (Å²) in [5, 5.41) is 0. The van der Waals surface area contributed by atoms with E-state index in [0.717, 1.165) is 7.11 Å². The number of anilines is 1. The Kier molecular flexibility index (Phi) is 6.82. The Morgan fingerprint density at radius 3 is 2.39 bits per heavy atom. The lowest BCUT2D eigenvalue weighted by Gasteiger charge is -2.36. The SMILES string of the molecule is CCOC(=O)CC1=C(C(=O)OCC)C2(C(=O)N(C)c3ccc(Br)cc32)C(C(=O)OC)=C(N)O1. The zero-order valence-electron chi connectivity index (χ0n) is 18.5. The van der Waals surface area contributed by atoms with E-state index in [-0.39, 0.29) is 35.7 Å². The molecule has 2 N–H and O–H groups in total. The van der Waals surface area contributed by atoms with Crippen molar-refractivity contribution in [3.8, 4) is 0 Å². The van der Waals surface area contributed by atoms with Crippen molar-refractivity contribution in [2.45, 2.75) is 25.7 Å². The first-order valence-electron chi connectivity index (χ1n) is 10.1. The van der Waals surface area contributed by atoms with Crippen molar-refractivity contribution in [1.82, 2.24) is 0 Å². The first-order valence-corrected chi connectivity index (χ1v) is 10.8. The first-order chi connectivity index (χ1) is 15.6. The third-order valence-electron chi connectivity index (χ3n) is 5.34. The van der Waals surface area contributed by atoms with Gasteiger partial charge in [-0.15, -0.1) is 0 Å². The fourth-order valence-electron chi connectivity index (χ4n) is 4.11. The van der Waals surface area contributed by atoms with Gasteiger partial charge in [0.15, 0.2) is 0 Å². The minimum Gasteiger partial charge on any atom is -0.466 e. The van der Waals surface area contributed by atoms with Crippen molar-refractivity contribution in [2.75, 3.05) is 32.3 Å². The molecule has 0 bridgehead atoms. The zero-order valence-corrected chi connectivity index (χ0v) is 20.1. The van der Waals surface area contributed by atoms with Crippen LogP contribution in [0.2, 0.25) is 0 Å². The monoisotopic (exact) mass is 522 g/mol. The van der Waals surface area contributed by atoms with E-state index in [1.165, 1.54) is 11.9 Å². The molecule has 11 heteroatoms. The number of halogens is 1. The molecule has 0 aromatic heterocycles. The molecule has 2 aliphatic rings. The predicted octanol–water partition coefficient (Wildman–Crippen LogP) is 1.81. The molecule has 176 valence electrons. The minimum atomic E-state index is -2.06. The molecule has 0 saturated heterocycles. The van der Waals surface area contributed by atoms with Gasteiger partial charge in [-0.2, -0.15) is 0 Å². The van der Waals surface area contributed by atoms with E-state index in [1.54, 1.807) is 32.0 Å². The van der Waals surface area contributed by atoms with Crippen LogP contribution >= 0.6 is 15.9 Å². The molecule has 2 heterocycles. The number of nitrogens with two attached hydrogens (primary N) is 1. The van der Waals surface area contributed by atoms with Crippen LogP contribution < -0.4 is 10.6 Å². The Hall–Kier alpha value is -3.34. The van der Waals surface area contributed by atoms with Crippen LogP contribution in [-0.4, -0.2) is 51.2 Å². The Balaban J connectivity index is 2.46. The second kappa shape index (κ2) is 9.26. The third kappa shape index (κ3) is 3.75. The lowest BCUT2D eigenvalue weighted by molar-refractivity contribution is -0.143. The smallest absolute Gasteiger partial charge is 0.340 e. The Bertz CT molecular complexity index is 1110. The van der Waals surface area contributed by atoms with Gasteiger partial charge < -0.3 is 29.6 Å². The van der Waals surface area contributed by atoms with Gasteiger partial charge in [0, 0.05) is 22.8 Å². The highest BCUT2D eigenvalue weighted by molar-refractivity contribution is 9.10. The largest absolute Gasteiger partial charge is 0.466 e. The molecule has 1 unspecified atom stereocenters. The Labute approximate surface area is 198 Å². The second-order valence-electron chi connectivity index (χ2n) is 7.11. The van der Waals surface area contributed by atoms with Crippen LogP contribution in [0.4, 0.5) is 5.69 Å². The lowest BCUT2D eigenvalue weighted by atomic mass is 9.67. The number of nitrogens with zero attached hydrogens (tertiary/aromatic N) is 1. The highest BCUT2D eigenvalue weighted by atomic mass is 79.9. The number of hydrogen-bond donors (Lipinski definition) is 1. The van der Waals surface area contributed by atoms with Gasteiger partial charge in [-0.1, -0.05) is 15.9 Å². The molecule has 1 atom stereocenters. The molecule has 1 spiro atoms. The maximum absolute atomic E-state index is 13.9. The number of esters is 3. The standard InChI is InChI=1S/C22H23BrN2O8/c1-5-31-15(26)10-14-16(20(28)32-6-2)22(17(18(24)33-14)19(27)30-4)12-9-11(23)7-8-13(12)25(3)21(22)29/h7-9H,5-6,10,24H2,1-4H3. The first kappa shape index (κ1) is 24.3. The number of fused-ring (bicyclic) bond motifs is 2. The predicted molar refractivity (Wildman–Crippen MR) is 118 cm³/mol. The number of ether oxygens (including phenoxy) is 4. The zero-order chi connectivity index (χ0) is 24.5. The van der Waals surface area contributed by atoms with Crippen LogP contribution in [0.15, 0.2) is 45.5 Å². The molecule has 1 aromatic carbocycles. The molecular weight excluding hydrogens is 500 g/mol. The van der Waals surface area contributed by atoms with Crippen LogP contribution in [0.1, 0.15) is 25.8 Å². The fraction of sp³-hybridized carbons (Fsp3) is 0.364. The quantitative estimate of drug-likeness (QED) is 0.438. The van der Waals surface area contributed by atoms with Gasteiger partial charge in [-0.25, -0.2) is 9.59 Å². The molecule has 3 rings (SSSR count). The van der Waals surface area contributed by atoms with Gasteiger partial charge in [0.2, 0.25) is 11.8 Å². The van der Waals surface area contributed by atoms with Crippen LogP contribution in [0.25, 0.3) is 0 Å². The maximum Gasteiger partial charge on any atom is 0.340 e. The van der Waals surface area contributed by atoms with Gasteiger partial charge in [0.05, 0.1) is 20.3 Å². The molecule has 0 fully saturated rings. The van der Waals surface area contributed by atoms with Crippen molar-refractivity contribution in [1.29, 1.82) is 0 Å². The number of hydrogen-bond acceptors (Lipinski definition) is 9. The second-order valence-corrected chi connectivity index (χ2v) is 8.02. The molecule has 1 aromatic rings. The van der Waals surface area contributed by atoms with Crippen molar-refractivity contribution in [2.24, 2.45) is 5.73 Å². The summed E-state index contributed by atoms with van der Waals surface area (Å²) in [6.45, 7) is 3.25. The number of carbonyl (C=O) groups is 4. The van der Waals surface area contributed by atoms with E-state index in [1.807, 2.05) is 0 Å². The van der Waals surface area contributed by atoms with Gasteiger partial charge in [0.1, 0.15) is 28.7 Å². The normalized spacial score (nSPS) is 19.4. The number of rotatable bonds is 6. The average Bonchev–Trinajstić information content (AvgIpc) is 2.96. The number of benzene rings is 1. The van der Waals surface area contributed by atoms with Crippen molar-refractivity contribution >= 4 is 45.4 Å². The molecule has 0 saturated carbocycles. The third-order valence-corrected chi connectivity index (χ3v) is 5.83. The van der Waals surface area contributed by atoms with Gasteiger partial charge >= 0.3 is 17.9 Å². The van der Waals surface area contributed by atoms with E-state index in [9.17, 15) is 19.2 Å². The van der Waals surface area contributed by atoms with Crippen LogP contribution in [0, 0.1) is 0 Å². The number of carbonyl (C=O) groups excluding carboxylic acids is 4. The van der Waals surface area contributed by atoms with Gasteiger partial charge in [0.25, 0.3) is 0 Å². The van der Waals surface area contributed by atoms with E-state index >= 15 is 0 Å². The summed E-state index contributed by atoms with van der Waals surface area (Å²) in [6, 6.07) is 4.96. The van der Waals surface area contributed by atoms with E-state index in [4.69, 9.17) is 24.7 Å². The molecule has 1 amide bonds. The topological polar surface area (TPSA) is 134 Å².